The lowest BCUT2D eigenvalue weighted by Crippen LogP contribution is -2.43. The molecule has 7 nitrogen and oxygen atoms in total. The van der Waals surface area contributed by atoms with Gasteiger partial charge in [0.15, 0.2) is 11.9 Å². The molecule has 0 saturated heterocycles. The van der Waals surface area contributed by atoms with Gasteiger partial charge in [-0.05, 0) is 60.6 Å². The molecule has 0 amide bonds. The van der Waals surface area contributed by atoms with Crippen LogP contribution in [-0.2, 0) is 10.0 Å². The molecule has 144 valence electrons. The van der Waals surface area contributed by atoms with Crippen LogP contribution in [0.3, 0.4) is 0 Å². The maximum atomic E-state index is 15.2. The van der Waals surface area contributed by atoms with Gasteiger partial charge >= 0.3 is 0 Å². The Hall–Kier alpha value is -1.76. The van der Waals surface area contributed by atoms with Gasteiger partial charge in [-0.15, -0.1) is 4.40 Å². The van der Waals surface area contributed by atoms with Crippen molar-refractivity contribution < 1.29 is 21.7 Å². The minimum absolute atomic E-state index is 0.0288. The largest absolute Gasteiger partial charge is 0.370 e. The van der Waals surface area contributed by atoms with Gasteiger partial charge in [0.25, 0.3) is 10.0 Å². The Balaban J connectivity index is 1.76. The summed E-state index contributed by atoms with van der Waals surface area (Å²) in [4.78, 5) is 0. The second-order valence-electron chi connectivity index (χ2n) is 6.47. The number of aryl methyl sites for hydroxylation is 1. The first kappa shape index (κ1) is 18.6. The van der Waals surface area contributed by atoms with Crippen LogP contribution >= 0.6 is 22.6 Å². The Morgan fingerprint density at radius 3 is 2.81 bits per heavy atom. The van der Waals surface area contributed by atoms with E-state index in [1.807, 2.05) is 22.6 Å². The molecular weight excluding hydrogens is 493 g/mol. The van der Waals surface area contributed by atoms with Crippen molar-refractivity contribution in [2.75, 3.05) is 10.6 Å². The lowest BCUT2D eigenvalue weighted by molar-refractivity contribution is 0.249. The molecule has 4 rings (SSSR count). The van der Waals surface area contributed by atoms with E-state index in [9.17, 15) is 12.8 Å². The minimum Gasteiger partial charge on any atom is -0.370 e. The zero-order chi connectivity index (χ0) is 19.3. The Bertz CT molecular complexity index is 1040. The normalized spacial score (nSPS) is 23.8. The summed E-state index contributed by atoms with van der Waals surface area (Å²) in [6, 6.07) is 3.12. The van der Waals surface area contributed by atoms with Crippen molar-refractivity contribution in [2.24, 2.45) is 4.40 Å². The lowest BCUT2D eigenvalue weighted by atomic mass is 10.0. The summed E-state index contributed by atoms with van der Waals surface area (Å²) in [6.45, 7) is 1.60. The Morgan fingerprint density at radius 2 is 2.15 bits per heavy atom. The molecule has 11 heteroatoms. The molecular formula is C16H15F2IN4O3S. The van der Waals surface area contributed by atoms with E-state index < -0.39 is 33.3 Å². The predicted molar refractivity (Wildman–Crippen MR) is 105 cm³/mol. The summed E-state index contributed by atoms with van der Waals surface area (Å²) < 4.78 is 63.5. The van der Waals surface area contributed by atoms with E-state index in [2.05, 4.69) is 20.2 Å². The fourth-order valence-corrected chi connectivity index (χ4v) is 4.56. The van der Waals surface area contributed by atoms with Crippen LogP contribution in [0.1, 0.15) is 30.5 Å². The van der Waals surface area contributed by atoms with E-state index in [1.54, 1.807) is 13.0 Å². The molecule has 2 aromatic rings. The van der Waals surface area contributed by atoms with Crippen molar-refractivity contribution in [3.63, 3.8) is 0 Å². The van der Waals surface area contributed by atoms with Crippen LogP contribution in [0, 0.1) is 16.3 Å². The number of aromatic nitrogens is 1. The van der Waals surface area contributed by atoms with Crippen molar-refractivity contribution in [2.45, 2.75) is 37.2 Å². The quantitative estimate of drug-likeness (QED) is 0.614. The van der Waals surface area contributed by atoms with Gasteiger partial charge in [0, 0.05) is 3.57 Å². The number of sulfonamides is 1. The van der Waals surface area contributed by atoms with Crippen LogP contribution in [0.15, 0.2) is 27.1 Å². The van der Waals surface area contributed by atoms with Gasteiger partial charge < -0.3 is 15.2 Å². The van der Waals surface area contributed by atoms with Crippen molar-refractivity contribution in [1.82, 2.24) is 5.16 Å². The summed E-state index contributed by atoms with van der Waals surface area (Å²) >= 11 is 1.96. The smallest absolute Gasteiger partial charge is 0.257 e. The van der Waals surface area contributed by atoms with Crippen LogP contribution in [0.5, 0.6) is 0 Å². The van der Waals surface area contributed by atoms with E-state index in [4.69, 9.17) is 4.52 Å². The van der Waals surface area contributed by atoms with E-state index >= 15 is 4.39 Å². The molecule has 1 fully saturated rings. The molecule has 1 aromatic carbocycles. The average molecular weight is 508 g/mol. The van der Waals surface area contributed by atoms with Gasteiger partial charge in [0.05, 0.1) is 10.9 Å². The number of nitrogens with zero attached hydrogens (tertiary/aromatic N) is 2. The third kappa shape index (κ3) is 3.53. The number of hydrogen-bond acceptors (Lipinski definition) is 5. The van der Waals surface area contributed by atoms with E-state index in [-0.39, 0.29) is 23.0 Å². The highest BCUT2D eigenvalue weighted by atomic mass is 127. The molecule has 2 heterocycles. The molecule has 2 unspecified atom stereocenters. The van der Waals surface area contributed by atoms with Gasteiger partial charge in [0.2, 0.25) is 0 Å². The first-order chi connectivity index (χ1) is 12.8. The van der Waals surface area contributed by atoms with Gasteiger partial charge in [-0.2, -0.15) is 0 Å². The fraction of sp³-hybridized carbons (Fsp3) is 0.375. The van der Waals surface area contributed by atoms with Gasteiger partial charge in [-0.3, -0.25) is 0 Å². The number of benzene rings is 1. The number of halogens is 3. The molecule has 27 heavy (non-hydrogen) atoms. The second-order valence-corrected chi connectivity index (χ2v) is 9.60. The van der Waals surface area contributed by atoms with Crippen molar-refractivity contribution in [3.05, 3.63) is 39.0 Å². The highest BCUT2D eigenvalue weighted by molar-refractivity contribution is 14.1. The third-order valence-electron chi connectivity index (χ3n) is 4.39. The highest BCUT2D eigenvalue weighted by Crippen LogP contribution is 2.38. The summed E-state index contributed by atoms with van der Waals surface area (Å²) in [5.74, 6) is -0.817. The van der Waals surface area contributed by atoms with Crippen LogP contribution in [-0.4, -0.2) is 30.7 Å². The first-order valence-electron chi connectivity index (χ1n) is 8.19. The average Bonchev–Trinajstić information content (AvgIpc) is 3.39. The summed E-state index contributed by atoms with van der Waals surface area (Å²) in [7, 11) is -3.78. The molecule has 1 aliphatic carbocycles. The highest BCUT2D eigenvalue weighted by Gasteiger charge is 2.42. The molecule has 0 spiro atoms. The number of hydrogen-bond donors (Lipinski definition) is 2. The lowest BCUT2D eigenvalue weighted by Gasteiger charge is -2.29. The molecule has 1 aliphatic heterocycles. The minimum atomic E-state index is -3.78. The molecule has 1 saturated carbocycles. The maximum Gasteiger partial charge on any atom is 0.257 e. The SMILES string of the molecule is Cc1noc2c1NC(=NS(=O)(=O)C1CC1)C(Nc1ccc(I)cc1F)C2F. The maximum absolute atomic E-state index is 15.2. The van der Waals surface area contributed by atoms with Crippen molar-refractivity contribution >= 4 is 49.8 Å². The van der Waals surface area contributed by atoms with Crippen molar-refractivity contribution in [3.8, 4) is 0 Å². The fourth-order valence-electron chi connectivity index (χ4n) is 2.80. The van der Waals surface area contributed by atoms with Crippen LogP contribution in [0.2, 0.25) is 0 Å². The Morgan fingerprint density at radius 1 is 1.41 bits per heavy atom. The molecule has 2 N–H and O–H groups in total. The number of amidine groups is 1. The summed E-state index contributed by atoms with van der Waals surface area (Å²) in [5, 5.41) is 8.68. The van der Waals surface area contributed by atoms with Gasteiger partial charge in [-0.25, -0.2) is 17.2 Å². The molecule has 0 bridgehead atoms. The molecule has 0 radical (unpaired) electrons. The standard InChI is InChI=1S/C16H15F2IN4O3S/c1-7-13-15(26-22-7)12(18)14(20-11-5-2-8(19)6-10(11)17)16(21-13)23-27(24,25)9-3-4-9/h2,5-6,9,12,14,20H,3-4H2,1H3,(H,21,23). The van der Waals surface area contributed by atoms with Crippen LogP contribution in [0.4, 0.5) is 20.2 Å². The summed E-state index contributed by atoms with van der Waals surface area (Å²) in [6.07, 6.45) is -0.742. The molecule has 2 aliphatic rings. The third-order valence-corrected chi connectivity index (χ3v) is 6.83. The van der Waals surface area contributed by atoms with Crippen LogP contribution < -0.4 is 10.6 Å². The zero-order valence-corrected chi connectivity index (χ0v) is 17.0. The summed E-state index contributed by atoms with van der Waals surface area (Å²) in [5.41, 5.74) is 0.650. The van der Waals surface area contributed by atoms with Gasteiger partial charge in [0.1, 0.15) is 29.1 Å². The number of anilines is 2. The molecule has 2 atom stereocenters. The second kappa shape index (κ2) is 6.69. The van der Waals surface area contributed by atoms with E-state index in [1.165, 1.54) is 12.1 Å². The Labute approximate surface area is 167 Å². The van der Waals surface area contributed by atoms with E-state index in [0.29, 0.717) is 22.1 Å². The Kier molecular flexibility index (Phi) is 4.61. The predicted octanol–water partition coefficient (Wildman–Crippen LogP) is 3.53. The zero-order valence-electron chi connectivity index (χ0n) is 14.0. The monoisotopic (exact) mass is 508 g/mol. The number of fused-ring (bicyclic) bond motifs is 1. The topological polar surface area (TPSA) is 96.6 Å². The van der Waals surface area contributed by atoms with Gasteiger partial charge in [-0.1, -0.05) is 5.16 Å². The molecule has 1 aromatic heterocycles. The van der Waals surface area contributed by atoms with Crippen molar-refractivity contribution in [1.29, 1.82) is 0 Å². The number of rotatable bonds is 4. The van der Waals surface area contributed by atoms with Crippen LogP contribution in [0.25, 0.3) is 0 Å². The first-order valence-corrected chi connectivity index (χ1v) is 10.8. The number of alkyl halides is 1. The number of nitrogens with one attached hydrogen (secondary N) is 2. The van der Waals surface area contributed by atoms with E-state index in [0.717, 1.165) is 0 Å².